The first kappa shape index (κ1) is 18.8. The van der Waals surface area contributed by atoms with E-state index in [0.717, 1.165) is 15.8 Å². The second-order valence-electron chi connectivity index (χ2n) is 5.85. The van der Waals surface area contributed by atoms with Crippen molar-refractivity contribution in [2.75, 3.05) is 11.5 Å². The molecule has 4 amide bonds. The van der Waals surface area contributed by atoms with Crippen LogP contribution in [-0.2, 0) is 9.59 Å². The highest BCUT2D eigenvalue weighted by atomic mass is 79.9. The average molecular weight is 429 g/mol. The van der Waals surface area contributed by atoms with Crippen molar-refractivity contribution < 1.29 is 19.1 Å². The predicted octanol–water partition coefficient (Wildman–Crippen LogP) is 3.90. The molecule has 0 aromatic heterocycles. The molecular weight excluding hydrogens is 412 g/mol. The number of hydrogen-bond acceptors (Lipinski definition) is 4. The van der Waals surface area contributed by atoms with Crippen molar-refractivity contribution in [2.45, 2.75) is 13.3 Å². The Bertz CT molecular complexity index is 905. The van der Waals surface area contributed by atoms with Crippen LogP contribution in [0.1, 0.15) is 18.9 Å². The fraction of sp³-hybridized carbons (Fsp3) is 0.150. The minimum atomic E-state index is -0.771. The SMILES string of the molecule is CCCOc1ccc(/C=C2\C(=O)NC(=O)N(c3ccc(Br)cc3)C2=O)cc1. The van der Waals surface area contributed by atoms with Crippen LogP contribution >= 0.6 is 15.9 Å². The van der Waals surface area contributed by atoms with Crippen molar-refractivity contribution in [3.8, 4) is 5.75 Å². The van der Waals surface area contributed by atoms with Crippen molar-refractivity contribution in [3.63, 3.8) is 0 Å². The summed E-state index contributed by atoms with van der Waals surface area (Å²) in [5, 5.41) is 2.21. The van der Waals surface area contributed by atoms with Gasteiger partial charge >= 0.3 is 6.03 Å². The number of ether oxygens (including phenoxy) is 1. The molecule has 1 saturated heterocycles. The Morgan fingerprint density at radius 3 is 2.33 bits per heavy atom. The lowest BCUT2D eigenvalue weighted by Gasteiger charge is -2.26. The number of amides is 4. The Balaban J connectivity index is 1.88. The summed E-state index contributed by atoms with van der Waals surface area (Å²) >= 11 is 3.31. The van der Waals surface area contributed by atoms with Crippen LogP contribution in [0.25, 0.3) is 6.08 Å². The van der Waals surface area contributed by atoms with Gasteiger partial charge in [-0.3, -0.25) is 14.9 Å². The molecule has 0 radical (unpaired) electrons. The lowest BCUT2D eigenvalue weighted by atomic mass is 10.1. The lowest BCUT2D eigenvalue weighted by Crippen LogP contribution is -2.54. The van der Waals surface area contributed by atoms with Crippen molar-refractivity contribution in [2.24, 2.45) is 0 Å². The van der Waals surface area contributed by atoms with E-state index in [1.54, 1.807) is 48.5 Å². The number of nitrogens with one attached hydrogen (secondary N) is 1. The Morgan fingerprint density at radius 2 is 1.70 bits per heavy atom. The summed E-state index contributed by atoms with van der Waals surface area (Å²) in [5.41, 5.74) is 0.921. The lowest BCUT2D eigenvalue weighted by molar-refractivity contribution is -0.122. The zero-order chi connectivity index (χ0) is 19.4. The minimum absolute atomic E-state index is 0.111. The molecular formula is C20H17BrN2O4. The third-order valence-electron chi connectivity index (χ3n) is 3.85. The zero-order valence-corrected chi connectivity index (χ0v) is 16.2. The minimum Gasteiger partial charge on any atom is -0.494 e. The Morgan fingerprint density at radius 1 is 1.04 bits per heavy atom. The van der Waals surface area contributed by atoms with Crippen molar-refractivity contribution in [1.82, 2.24) is 5.32 Å². The van der Waals surface area contributed by atoms with E-state index < -0.39 is 17.8 Å². The molecule has 0 bridgehead atoms. The normalized spacial score (nSPS) is 15.9. The van der Waals surface area contributed by atoms with E-state index in [2.05, 4.69) is 21.2 Å². The van der Waals surface area contributed by atoms with E-state index in [1.165, 1.54) is 6.08 Å². The van der Waals surface area contributed by atoms with E-state index in [1.807, 2.05) is 6.92 Å². The van der Waals surface area contributed by atoms with Gasteiger partial charge in [0.15, 0.2) is 0 Å². The second kappa shape index (κ2) is 8.18. The van der Waals surface area contributed by atoms with E-state index >= 15 is 0 Å². The van der Waals surface area contributed by atoms with Crippen LogP contribution in [0.2, 0.25) is 0 Å². The maximum atomic E-state index is 12.8. The van der Waals surface area contributed by atoms with E-state index in [0.29, 0.717) is 23.6 Å². The Hall–Kier alpha value is -2.93. The topological polar surface area (TPSA) is 75.7 Å². The molecule has 7 heteroatoms. The highest BCUT2D eigenvalue weighted by Gasteiger charge is 2.36. The summed E-state index contributed by atoms with van der Waals surface area (Å²) in [6, 6.07) is 12.9. The number of carbonyl (C=O) groups is 3. The third kappa shape index (κ3) is 4.25. The molecule has 1 fully saturated rings. The van der Waals surface area contributed by atoms with Gasteiger partial charge in [-0.25, -0.2) is 9.69 Å². The van der Waals surface area contributed by atoms with Gasteiger partial charge in [-0.15, -0.1) is 0 Å². The summed E-state index contributed by atoms with van der Waals surface area (Å²) in [4.78, 5) is 38.1. The number of nitrogens with zero attached hydrogens (tertiary/aromatic N) is 1. The number of carbonyl (C=O) groups excluding carboxylic acids is 3. The van der Waals surface area contributed by atoms with E-state index in [9.17, 15) is 14.4 Å². The van der Waals surface area contributed by atoms with Crippen LogP contribution in [0.3, 0.4) is 0 Å². The van der Waals surface area contributed by atoms with Gasteiger partial charge in [0, 0.05) is 4.47 Å². The van der Waals surface area contributed by atoms with Gasteiger partial charge < -0.3 is 4.74 Å². The molecule has 0 atom stereocenters. The van der Waals surface area contributed by atoms with Crippen LogP contribution in [0.15, 0.2) is 58.6 Å². The number of hydrogen-bond donors (Lipinski definition) is 1. The maximum absolute atomic E-state index is 12.8. The summed E-state index contributed by atoms with van der Waals surface area (Å²) in [6.07, 6.45) is 2.36. The third-order valence-corrected chi connectivity index (χ3v) is 4.38. The number of benzene rings is 2. The number of rotatable bonds is 5. The number of imide groups is 2. The molecule has 0 unspecified atom stereocenters. The van der Waals surface area contributed by atoms with E-state index in [4.69, 9.17) is 4.74 Å². The first-order chi connectivity index (χ1) is 13.0. The van der Waals surface area contributed by atoms with Gasteiger partial charge in [-0.05, 0) is 54.5 Å². The first-order valence-corrected chi connectivity index (χ1v) is 9.19. The molecule has 2 aromatic carbocycles. The monoisotopic (exact) mass is 428 g/mol. The number of halogens is 1. The molecule has 1 heterocycles. The fourth-order valence-corrected chi connectivity index (χ4v) is 2.79. The summed E-state index contributed by atoms with van der Waals surface area (Å²) in [7, 11) is 0. The molecule has 0 saturated carbocycles. The fourth-order valence-electron chi connectivity index (χ4n) is 2.53. The quantitative estimate of drug-likeness (QED) is 0.578. The van der Waals surface area contributed by atoms with Crippen LogP contribution in [0.4, 0.5) is 10.5 Å². The second-order valence-corrected chi connectivity index (χ2v) is 6.77. The first-order valence-electron chi connectivity index (χ1n) is 8.39. The Kier molecular flexibility index (Phi) is 5.71. The zero-order valence-electron chi connectivity index (χ0n) is 14.6. The van der Waals surface area contributed by atoms with Crippen LogP contribution in [0, 0.1) is 0 Å². The van der Waals surface area contributed by atoms with Crippen molar-refractivity contribution in [3.05, 3.63) is 64.1 Å². The van der Waals surface area contributed by atoms with Crippen molar-refractivity contribution in [1.29, 1.82) is 0 Å². The molecule has 27 heavy (non-hydrogen) atoms. The molecule has 2 aromatic rings. The smallest absolute Gasteiger partial charge is 0.335 e. The number of urea groups is 1. The molecule has 0 spiro atoms. The Labute approximate surface area is 164 Å². The van der Waals surface area contributed by atoms with Crippen LogP contribution in [-0.4, -0.2) is 24.5 Å². The van der Waals surface area contributed by atoms with Crippen LogP contribution < -0.4 is 15.0 Å². The summed E-state index contributed by atoms with van der Waals surface area (Å²) in [5.74, 6) is -0.674. The summed E-state index contributed by atoms with van der Waals surface area (Å²) < 4.78 is 6.33. The molecule has 0 aliphatic carbocycles. The molecule has 6 nitrogen and oxygen atoms in total. The van der Waals surface area contributed by atoms with Crippen molar-refractivity contribution >= 4 is 45.5 Å². The molecule has 3 rings (SSSR count). The van der Waals surface area contributed by atoms with E-state index in [-0.39, 0.29) is 5.57 Å². The standard InChI is InChI=1S/C20H17BrN2O4/c1-2-11-27-16-9-3-13(4-10-16)12-17-18(24)22-20(26)23(19(17)25)15-7-5-14(21)6-8-15/h3-10,12H,2,11H2,1H3,(H,22,24,26)/b17-12+. The highest BCUT2D eigenvalue weighted by Crippen LogP contribution is 2.24. The van der Waals surface area contributed by atoms with Gasteiger partial charge in [0.1, 0.15) is 11.3 Å². The number of anilines is 1. The molecule has 138 valence electrons. The molecule has 1 aliphatic rings. The summed E-state index contributed by atoms with van der Waals surface area (Å²) in [6.45, 7) is 2.64. The largest absolute Gasteiger partial charge is 0.494 e. The van der Waals surface area contributed by atoms with Gasteiger partial charge in [0.05, 0.1) is 12.3 Å². The predicted molar refractivity (Wildman–Crippen MR) is 105 cm³/mol. The number of barbiturate groups is 1. The molecule has 1 aliphatic heterocycles. The van der Waals surface area contributed by atoms with Gasteiger partial charge in [0.2, 0.25) is 0 Å². The van der Waals surface area contributed by atoms with Crippen LogP contribution in [0.5, 0.6) is 5.75 Å². The average Bonchev–Trinajstić information content (AvgIpc) is 2.66. The maximum Gasteiger partial charge on any atom is 0.335 e. The van der Waals surface area contributed by atoms with Gasteiger partial charge in [0.25, 0.3) is 11.8 Å². The highest BCUT2D eigenvalue weighted by molar-refractivity contribution is 9.10. The molecule has 1 N–H and O–H groups in total. The van der Waals surface area contributed by atoms with Gasteiger partial charge in [-0.1, -0.05) is 35.0 Å². The van der Waals surface area contributed by atoms with Gasteiger partial charge in [-0.2, -0.15) is 0 Å².